The molecule has 2 aliphatic carbocycles. The molecule has 0 saturated heterocycles. The molecular weight excluding hydrogens is 218 g/mol. The third kappa shape index (κ3) is 1.74. The molecule has 1 amide bonds. The maximum Gasteiger partial charge on any atom is 0.397 e. The highest BCUT2D eigenvalue weighted by molar-refractivity contribution is 6.32. The quantitative estimate of drug-likeness (QED) is 0.557. The minimum atomic E-state index is -0.751. The molecular formula is C13H21NO3. The summed E-state index contributed by atoms with van der Waals surface area (Å²) in [5.41, 5.74) is 0.0362. The van der Waals surface area contributed by atoms with Gasteiger partial charge in [0.15, 0.2) is 0 Å². The summed E-state index contributed by atoms with van der Waals surface area (Å²) in [6.45, 7) is 6.46. The van der Waals surface area contributed by atoms with Crippen LogP contribution in [-0.2, 0) is 14.3 Å². The van der Waals surface area contributed by atoms with E-state index in [1.54, 1.807) is 0 Å². The van der Waals surface area contributed by atoms with Crippen LogP contribution in [0.25, 0.3) is 0 Å². The van der Waals surface area contributed by atoms with E-state index in [4.69, 9.17) is 4.74 Å². The molecule has 4 nitrogen and oxygen atoms in total. The topological polar surface area (TPSA) is 55.4 Å². The Balaban J connectivity index is 2.15. The van der Waals surface area contributed by atoms with Crippen molar-refractivity contribution >= 4 is 11.9 Å². The van der Waals surface area contributed by atoms with Gasteiger partial charge in [0.05, 0.1) is 0 Å². The number of carbonyl (C=O) groups excluding carboxylic acids is 2. The van der Waals surface area contributed by atoms with E-state index in [1.165, 1.54) is 13.5 Å². The highest BCUT2D eigenvalue weighted by Gasteiger charge is 2.61. The number of rotatable bonds is 1. The molecule has 17 heavy (non-hydrogen) atoms. The van der Waals surface area contributed by atoms with Gasteiger partial charge in [0.2, 0.25) is 0 Å². The van der Waals surface area contributed by atoms with Crippen LogP contribution < -0.4 is 5.32 Å². The lowest BCUT2D eigenvalue weighted by molar-refractivity contribution is -0.170. The molecule has 2 bridgehead atoms. The van der Waals surface area contributed by atoms with Crippen LogP contribution in [0.4, 0.5) is 0 Å². The Kier molecular flexibility index (Phi) is 2.71. The average molecular weight is 239 g/mol. The fourth-order valence-corrected chi connectivity index (χ4v) is 3.81. The standard InChI is InChI=1S/C13H21NO3/c1-12(2)8-5-6-13(3,7-8)11(12)17-10(16)9(15)14-4/h8,11H,5-7H2,1-4H3,(H,14,15)/t8-,11?,13+/m1/s1. The van der Waals surface area contributed by atoms with Crippen LogP contribution in [0.15, 0.2) is 0 Å². The number of hydrogen-bond donors (Lipinski definition) is 1. The fraction of sp³-hybridized carbons (Fsp3) is 0.846. The zero-order valence-corrected chi connectivity index (χ0v) is 11.0. The fourth-order valence-electron chi connectivity index (χ4n) is 3.81. The van der Waals surface area contributed by atoms with Gasteiger partial charge in [-0.05, 0) is 25.2 Å². The molecule has 0 aromatic carbocycles. The van der Waals surface area contributed by atoms with Crippen LogP contribution in [0.1, 0.15) is 40.0 Å². The molecule has 0 spiro atoms. The summed E-state index contributed by atoms with van der Waals surface area (Å²) in [7, 11) is 1.44. The smallest absolute Gasteiger partial charge is 0.397 e. The zero-order chi connectivity index (χ0) is 12.8. The van der Waals surface area contributed by atoms with Crippen LogP contribution in [0, 0.1) is 16.7 Å². The summed E-state index contributed by atoms with van der Waals surface area (Å²) < 4.78 is 5.47. The molecule has 0 radical (unpaired) electrons. The maximum absolute atomic E-state index is 11.6. The monoisotopic (exact) mass is 239 g/mol. The summed E-state index contributed by atoms with van der Waals surface area (Å²) in [6.07, 6.45) is 3.26. The summed E-state index contributed by atoms with van der Waals surface area (Å²) in [5.74, 6) is -0.804. The van der Waals surface area contributed by atoms with Crippen LogP contribution >= 0.6 is 0 Å². The van der Waals surface area contributed by atoms with Crippen molar-refractivity contribution in [2.45, 2.75) is 46.1 Å². The lowest BCUT2D eigenvalue weighted by Gasteiger charge is -2.41. The predicted octanol–water partition coefficient (Wildman–Crippen LogP) is 1.49. The van der Waals surface area contributed by atoms with Gasteiger partial charge < -0.3 is 10.1 Å². The number of amides is 1. The summed E-state index contributed by atoms with van der Waals surface area (Å²) in [6, 6.07) is 0. The first-order chi connectivity index (χ1) is 7.81. The number of fused-ring (bicyclic) bond motifs is 2. The van der Waals surface area contributed by atoms with Gasteiger partial charge in [0, 0.05) is 17.9 Å². The van der Waals surface area contributed by atoms with Crippen molar-refractivity contribution in [1.82, 2.24) is 5.32 Å². The Morgan fingerprint density at radius 1 is 1.29 bits per heavy atom. The molecule has 1 unspecified atom stereocenters. The minimum absolute atomic E-state index is 0.0172. The third-order valence-corrected chi connectivity index (χ3v) is 4.77. The van der Waals surface area contributed by atoms with Crippen LogP contribution in [0.2, 0.25) is 0 Å². The Morgan fingerprint density at radius 2 is 1.94 bits per heavy atom. The normalized spacial score (nSPS) is 37.9. The van der Waals surface area contributed by atoms with Crippen molar-refractivity contribution in [1.29, 1.82) is 0 Å². The molecule has 2 aliphatic rings. The highest BCUT2D eigenvalue weighted by Crippen LogP contribution is 2.63. The van der Waals surface area contributed by atoms with Gasteiger partial charge in [-0.2, -0.15) is 0 Å². The number of esters is 1. The van der Waals surface area contributed by atoms with Crippen molar-refractivity contribution in [2.24, 2.45) is 16.7 Å². The second-order valence-electron chi connectivity index (χ2n) is 6.28. The largest absolute Gasteiger partial charge is 0.454 e. The van der Waals surface area contributed by atoms with Crippen LogP contribution in [0.5, 0.6) is 0 Å². The van der Waals surface area contributed by atoms with Gasteiger partial charge >= 0.3 is 11.9 Å². The van der Waals surface area contributed by atoms with Crippen molar-refractivity contribution in [3.8, 4) is 0 Å². The lowest BCUT2D eigenvalue weighted by atomic mass is 9.70. The zero-order valence-electron chi connectivity index (χ0n) is 11.0. The van der Waals surface area contributed by atoms with Crippen molar-refractivity contribution in [2.75, 3.05) is 7.05 Å². The van der Waals surface area contributed by atoms with Crippen LogP contribution in [-0.4, -0.2) is 25.0 Å². The van der Waals surface area contributed by atoms with E-state index >= 15 is 0 Å². The molecule has 0 aromatic heterocycles. The SMILES string of the molecule is CNC(=O)C(=O)OC1C(C)(C)[C@@H]2CC[C@@]1(C)C2. The Morgan fingerprint density at radius 3 is 2.41 bits per heavy atom. The van der Waals surface area contributed by atoms with Gasteiger partial charge in [-0.25, -0.2) is 4.79 Å². The number of carbonyl (C=O) groups is 2. The second kappa shape index (κ2) is 3.72. The first kappa shape index (κ1) is 12.4. The molecule has 96 valence electrons. The molecule has 0 heterocycles. The number of nitrogens with one attached hydrogen (secondary N) is 1. The third-order valence-electron chi connectivity index (χ3n) is 4.77. The second-order valence-corrected chi connectivity index (χ2v) is 6.28. The van der Waals surface area contributed by atoms with E-state index in [0.29, 0.717) is 5.92 Å². The molecule has 2 rings (SSSR count). The molecule has 3 atom stereocenters. The Bertz CT molecular complexity index is 359. The maximum atomic E-state index is 11.6. The molecule has 0 aliphatic heterocycles. The molecule has 2 saturated carbocycles. The van der Waals surface area contributed by atoms with Gasteiger partial charge in [-0.1, -0.05) is 20.8 Å². The van der Waals surface area contributed by atoms with E-state index in [9.17, 15) is 9.59 Å². The van der Waals surface area contributed by atoms with Gasteiger partial charge in [-0.15, -0.1) is 0 Å². The average Bonchev–Trinajstić information content (AvgIpc) is 2.74. The molecule has 2 fully saturated rings. The minimum Gasteiger partial charge on any atom is -0.454 e. The van der Waals surface area contributed by atoms with Gasteiger partial charge in [-0.3, -0.25) is 4.79 Å². The first-order valence-corrected chi connectivity index (χ1v) is 6.24. The first-order valence-electron chi connectivity index (χ1n) is 6.24. The van der Waals surface area contributed by atoms with Crippen molar-refractivity contribution < 1.29 is 14.3 Å². The van der Waals surface area contributed by atoms with Crippen molar-refractivity contribution in [3.63, 3.8) is 0 Å². The summed E-state index contributed by atoms with van der Waals surface area (Å²) in [4.78, 5) is 22.8. The molecule has 0 aromatic rings. The van der Waals surface area contributed by atoms with Crippen molar-refractivity contribution in [3.05, 3.63) is 0 Å². The van der Waals surface area contributed by atoms with Gasteiger partial charge in [0.1, 0.15) is 6.10 Å². The lowest BCUT2D eigenvalue weighted by Crippen LogP contribution is -2.45. The van der Waals surface area contributed by atoms with E-state index < -0.39 is 11.9 Å². The van der Waals surface area contributed by atoms with E-state index in [1.807, 2.05) is 0 Å². The van der Waals surface area contributed by atoms with Gasteiger partial charge in [0.25, 0.3) is 0 Å². The highest BCUT2D eigenvalue weighted by atomic mass is 16.6. The van der Waals surface area contributed by atoms with Crippen LogP contribution in [0.3, 0.4) is 0 Å². The number of ether oxygens (including phenoxy) is 1. The Labute approximate surface area is 102 Å². The van der Waals surface area contributed by atoms with E-state index in [-0.39, 0.29) is 16.9 Å². The summed E-state index contributed by atoms with van der Waals surface area (Å²) in [5, 5.41) is 2.31. The molecule has 1 N–H and O–H groups in total. The predicted molar refractivity (Wildman–Crippen MR) is 63.2 cm³/mol. The number of likely N-dealkylation sites (N-methyl/N-ethyl adjacent to an activating group) is 1. The molecule has 4 heteroatoms. The summed E-state index contributed by atoms with van der Waals surface area (Å²) >= 11 is 0. The number of hydrogen-bond acceptors (Lipinski definition) is 3. The van der Waals surface area contributed by atoms with E-state index in [2.05, 4.69) is 26.1 Å². The Hall–Kier alpha value is -1.06. The van der Waals surface area contributed by atoms with E-state index in [0.717, 1.165) is 12.8 Å².